The first kappa shape index (κ1) is 18.9. The van der Waals surface area contributed by atoms with Crippen molar-refractivity contribution in [3.05, 3.63) is 66.6 Å². The molecule has 4 rings (SSSR count). The van der Waals surface area contributed by atoms with E-state index in [9.17, 15) is 9.18 Å². The van der Waals surface area contributed by atoms with E-state index in [4.69, 9.17) is 5.73 Å². The van der Waals surface area contributed by atoms with Crippen LogP contribution in [0.4, 0.5) is 21.8 Å². The standard InChI is InChI=1S/C22H22FN5O/c23-18-5-1-3-16(13-18)15-6-8-19(9-7-15)26-21(29)17-4-2-12-28(14-17)20-10-11-25-22(24)27-20/h1,3,5-11,13,17H,2,4,12,14H2,(H,26,29)(H2,24,25,27). The molecule has 1 atom stereocenters. The topological polar surface area (TPSA) is 84.1 Å². The molecule has 3 aromatic rings. The fourth-order valence-corrected chi connectivity index (χ4v) is 3.60. The molecule has 1 aliphatic rings. The Bertz CT molecular complexity index is 1010. The van der Waals surface area contributed by atoms with E-state index < -0.39 is 0 Å². The van der Waals surface area contributed by atoms with Crippen LogP contribution in [0.2, 0.25) is 0 Å². The second-order valence-corrected chi connectivity index (χ2v) is 7.14. The van der Waals surface area contributed by atoms with E-state index in [0.29, 0.717) is 6.54 Å². The highest BCUT2D eigenvalue weighted by Crippen LogP contribution is 2.25. The van der Waals surface area contributed by atoms with Gasteiger partial charge in [0.1, 0.15) is 11.6 Å². The van der Waals surface area contributed by atoms with Gasteiger partial charge in [-0.15, -0.1) is 0 Å². The highest BCUT2D eigenvalue weighted by atomic mass is 19.1. The number of anilines is 3. The Labute approximate surface area is 168 Å². The number of piperidine rings is 1. The highest BCUT2D eigenvalue weighted by Gasteiger charge is 2.26. The zero-order valence-electron chi connectivity index (χ0n) is 15.9. The van der Waals surface area contributed by atoms with Crippen molar-refractivity contribution in [1.29, 1.82) is 0 Å². The Morgan fingerprint density at radius 1 is 1.14 bits per heavy atom. The molecule has 0 aliphatic carbocycles. The third-order valence-corrected chi connectivity index (χ3v) is 5.09. The SMILES string of the molecule is Nc1nccc(N2CCCC(C(=O)Nc3ccc(-c4cccc(F)c4)cc3)C2)n1. The maximum atomic E-state index is 13.4. The number of carbonyl (C=O) groups excluding carboxylic acids is 1. The number of carbonyl (C=O) groups is 1. The average molecular weight is 391 g/mol. The molecular formula is C22H22FN5O. The largest absolute Gasteiger partial charge is 0.368 e. The molecule has 0 bridgehead atoms. The molecule has 29 heavy (non-hydrogen) atoms. The number of rotatable bonds is 4. The number of aromatic nitrogens is 2. The van der Waals surface area contributed by atoms with Crippen molar-refractivity contribution in [2.75, 3.05) is 29.0 Å². The van der Waals surface area contributed by atoms with Gasteiger partial charge in [-0.05, 0) is 54.3 Å². The number of amides is 1. The Hall–Kier alpha value is -3.48. The van der Waals surface area contributed by atoms with E-state index in [0.717, 1.165) is 42.0 Å². The molecule has 6 nitrogen and oxygen atoms in total. The number of hydrogen-bond donors (Lipinski definition) is 2. The monoisotopic (exact) mass is 391 g/mol. The molecule has 2 aromatic carbocycles. The zero-order chi connectivity index (χ0) is 20.2. The summed E-state index contributed by atoms with van der Waals surface area (Å²) in [7, 11) is 0. The van der Waals surface area contributed by atoms with Crippen molar-refractivity contribution < 1.29 is 9.18 Å². The third kappa shape index (κ3) is 4.51. The molecular weight excluding hydrogens is 369 g/mol. The quantitative estimate of drug-likeness (QED) is 0.708. The number of nitrogens with one attached hydrogen (secondary N) is 1. The Kier molecular flexibility index (Phi) is 5.37. The van der Waals surface area contributed by atoms with Crippen molar-refractivity contribution in [3.8, 4) is 11.1 Å². The number of nitrogens with zero attached hydrogens (tertiary/aromatic N) is 3. The Morgan fingerprint density at radius 3 is 2.72 bits per heavy atom. The summed E-state index contributed by atoms with van der Waals surface area (Å²) in [6.45, 7) is 1.42. The van der Waals surface area contributed by atoms with Crippen molar-refractivity contribution in [1.82, 2.24) is 9.97 Å². The Morgan fingerprint density at radius 2 is 1.97 bits per heavy atom. The number of nitrogen functional groups attached to an aromatic ring is 1. The molecule has 1 fully saturated rings. The minimum Gasteiger partial charge on any atom is -0.368 e. The molecule has 7 heteroatoms. The van der Waals surface area contributed by atoms with Crippen LogP contribution < -0.4 is 16.0 Å². The van der Waals surface area contributed by atoms with Gasteiger partial charge in [0, 0.05) is 25.0 Å². The van der Waals surface area contributed by atoms with Crippen LogP contribution in [0.25, 0.3) is 11.1 Å². The number of hydrogen-bond acceptors (Lipinski definition) is 5. The lowest BCUT2D eigenvalue weighted by Crippen LogP contribution is -2.41. The van der Waals surface area contributed by atoms with Crippen molar-refractivity contribution in [2.45, 2.75) is 12.8 Å². The van der Waals surface area contributed by atoms with Crippen LogP contribution in [0.15, 0.2) is 60.8 Å². The van der Waals surface area contributed by atoms with Gasteiger partial charge in [0.15, 0.2) is 0 Å². The summed E-state index contributed by atoms with van der Waals surface area (Å²) < 4.78 is 13.4. The summed E-state index contributed by atoms with van der Waals surface area (Å²) in [4.78, 5) is 23.0. The van der Waals surface area contributed by atoms with Crippen molar-refractivity contribution >= 4 is 23.4 Å². The fourth-order valence-electron chi connectivity index (χ4n) is 3.60. The molecule has 0 spiro atoms. The molecule has 0 saturated carbocycles. The van der Waals surface area contributed by atoms with Crippen LogP contribution in [0.5, 0.6) is 0 Å². The molecule has 2 heterocycles. The lowest BCUT2D eigenvalue weighted by atomic mass is 9.97. The maximum absolute atomic E-state index is 13.4. The summed E-state index contributed by atoms with van der Waals surface area (Å²) in [5.74, 6) is 0.548. The van der Waals surface area contributed by atoms with Crippen molar-refractivity contribution in [3.63, 3.8) is 0 Å². The predicted molar refractivity (Wildman–Crippen MR) is 112 cm³/mol. The summed E-state index contributed by atoms with van der Waals surface area (Å²) in [6, 6.07) is 15.7. The van der Waals surface area contributed by atoms with Crippen LogP contribution in [0.1, 0.15) is 12.8 Å². The minimum absolute atomic E-state index is 0.0183. The first-order valence-corrected chi connectivity index (χ1v) is 9.59. The van der Waals surface area contributed by atoms with Crippen LogP contribution in [-0.4, -0.2) is 29.0 Å². The predicted octanol–water partition coefficient (Wildman–Crippen LogP) is 3.72. The van der Waals surface area contributed by atoms with Gasteiger partial charge in [-0.1, -0.05) is 24.3 Å². The lowest BCUT2D eigenvalue weighted by Gasteiger charge is -2.32. The van der Waals surface area contributed by atoms with E-state index >= 15 is 0 Å². The van der Waals surface area contributed by atoms with Crippen LogP contribution >= 0.6 is 0 Å². The molecule has 1 saturated heterocycles. The van der Waals surface area contributed by atoms with Gasteiger partial charge in [-0.25, -0.2) is 9.37 Å². The van der Waals surface area contributed by atoms with E-state index in [-0.39, 0.29) is 23.6 Å². The summed E-state index contributed by atoms with van der Waals surface area (Å²) in [5, 5.41) is 2.99. The highest BCUT2D eigenvalue weighted by molar-refractivity contribution is 5.93. The van der Waals surface area contributed by atoms with Gasteiger partial charge in [0.25, 0.3) is 0 Å². The molecule has 148 valence electrons. The van der Waals surface area contributed by atoms with Crippen LogP contribution in [0, 0.1) is 11.7 Å². The van der Waals surface area contributed by atoms with Gasteiger partial charge in [-0.2, -0.15) is 4.98 Å². The van der Waals surface area contributed by atoms with E-state index in [1.54, 1.807) is 12.3 Å². The third-order valence-electron chi connectivity index (χ3n) is 5.09. The summed E-state index contributed by atoms with van der Waals surface area (Å²) in [5.41, 5.74) is 8.09. The molecule has 1 aliphatic heterocycles. The summed E-state index contributed by atoms with van der Waals surface area (Å²) in [6.07, 6.45) is 3.35. The van der Waals surface area contributed by atoms with E-state index in [1.165, 1.54) is 12.1 Å². The number of nitrogens with two attached hydrogens (primary N) is 1. The van der Waals surface area contributed by atoms with Gasteiger partial charge in [0.05, 0.1) is 5.92 Å². The van der Waals surface area contributed by atoms with Gasteiger partial charge >= 0.3 is 0 Å². The first-order valence-electron chi connectivity index (χ1n) is 9.59. The van der Waals surface area contributed by atoms with Crippen molar-refractivity contribution in [2.24, 2.45) is 5.92 Å². The smallest absolute Gasteiger partial charge is 0.229 e. The number of halogens is 1. The molecule has 1 amide bonds. The lowest BCUT2D eigenvalue weighted by molar-refractivity contribution is -0.120. The Balaban J connectivity index is 1.41. The van der Waals surface area contributed by atoms with Crippen LogP contribution in [0.3, 0.4) is 0 Å². The van der Waals surface area contributed by atoms with Gasteiger partial charge in [0.2, 0.25) is 11.9 Å². The maximum Gasteiger partial charge on any atom is 0.229 e. The van der Waals surface area contributed by atoms with Gasteiger partial charge in [-0.3, -0.25) is 4.79 Å². The van der Waals surface area contributed by atoms with Gasteiger partial charge < -0.3 is 16.0 Å². The zero-order valence-corrected chi connectivity index (χ0v) is 15.9. The second kappa shape index (κ2) is 8.26. The molecule has 1 aromatic heterocycles. The minimum atomic E-state index is -0.271. The van der Waals surface area contributed by atoms with E-state index in [2.05, 4.69) is 20.2 Å². The number of benzene rings is 2. The first-order chi connectivity index (χ1) is 14.1. The van der Waals surface area contributed by atoms with Crippen LogP contribution in [-0.2, 0) is 4.79 Å². The second-order valence-electron chi connectivity index (χ2n) is 7.14. The molecule has 1 unspecified atom stereocenters. The fraction of sp³-hybridized carbons (Fsp3) is 0.227. The summed E-state index contributed by atoms with van der Waals surface area (Å²) >= 11 is 0. The molecule has 0 radical (unpaired) electrons. The normalized spacial score (nSPS) is 16.4. The molecule has 3 N–H and O–H groups in total. The average Bonchev–Trinajstić information content (AvgIpc) is 2.74. The van der Waals surface area contributed by atoms with E-state index in [1.807, 2.05) is 36.4 Å².